The number of hydrogen-bond donors (Lipinski definition) is 0. The molecule has 7 heteroatoms. The van der Waals surface area contributed by atoms with E-state index in [1.165, 1.54) is 25.3 Å². The molecule has 0 spiro atoms. The van der Waals surface area contributed by atoms with E-state index in [2.05, 4.69) is 15.9 Å². The zero-order valence-corrected chi connectivity index (χ0v) is 13.4. The molecule has 0 atom stereocenters. The normalized spacial score (nSPS) is 11.1. The van der Waals surface area contributed by atoms with Crippen molar-refractivity contribution in [1.82, 2.24) is 4.90 Å². The Morgan fingerprint density at radius 3 is 2.55 bits per heavy atom. The summed E-state index contributed by atoms with van der Waals surface area (Å²) in [4.78, 5) is 24.3. The molecule has 20 heavy (non-hydrogen) atoms. The number of carbonyl (C=O) groups excluding carboxylic acids is 1. The van der Waals surface area contributed by atoms with Crippen LogP contribution in [0.2, 0.25) is 0 Å². The van der Waals surface area contributed by atoms with E-state index in [0.717, 1.165) is 0 Å². The van der Waals surface area contributed by atoms with E-state index < -0.39 is 10.5 Å². The first kappa shape index (κ1) is 16.4. The molecule has 0 aromatic heterocycles. The molecule has 6 nitrogen and oxygen atoms in total. The Kier molecular flexibility index (Phi) is 5.10. The maximum atomic E-state index is 12.4. The lowest BCUT2D eigenvalue weighted by atomic mass is 10.0. The Morgan fingerprint density at radius 1 is 1.50 bits per heavy atom. The highest BCUT2D eigenvalue weighted by Crippen LogP contribution is 2.28. The van der Waals surface area contributed by atoms with Crippen LogP contribution in [0.5, 0.6) is 5.75 Å². The van der Waals surface area contributed by atoms with E-state index in [1.807, 2.05) is 13.8 Å². The summed E-state index contributed by atoms with van der Waals surface area (Å²) in [6, 6.07) is 4.19. The second-order valence-electron chi connectivity index (χ2n) is 4.95. The van der Waals surface area contributed by atoms with Gasteiger partial charge in [-0.1, -0.05) is 15.9 Å². The lowest BCUT2D eigenvalue weighted by Gasteiger charge is -2.34. The van der Waals surface area contributed by atoms with Crippen molar-refractivity contribution >= 4 is 27.5 Å². The van der Waals surface area contributed by atoms with Crippen molar-refractivity contribution in [2.24, 2.45) is 0 Å². The lowest BCUT2D eigenvalue weighted by molar-refractivity contribution is -0.385. The smallest absolute Gasteiger partial charge is 0.311 e. The minimum Gasteiger partial charge on any atom is -0.490 e. The fourth-order valence-corrected chi connectivity index (χ4v) is 1.90. The first-order chi connectivity index (χ1) is 9.24. The number of nitrogens with zero attached hydrogens (tertiary/aromatic N) is 2. The number of hydrogen-bond acceptors (Lipinski definition) is 4. The summed E-state index contributed by atoms with van der Waals surface area (Å²) >= 11 is 3.35. The van der Waals surface area contributed by atoms with Crippen LogP contribution in [0.1, 0.15) is 24.2 Å². The molecule has 1 aromatic rings. The van der Waals surface area contributed by atoms with Crippen molar-refractivity contribution in [3.8, 4) is 5.75 Å². The zero-order valence-electron chi connectivity index (χ0n) is 11.8. The van der Waals surface area contributed by atoms with Crippen molar-refractivity contribution in [3.05, 3.63) is 33.9 Å². The largest absolute Gasteiger partial charge is 0.490 e. The molecule has 1 rings (SSSR count). The van der Waals surface area contributed by atoms with Crippen molar-refractivity contribution < 1.29 is 14.5 Å². The molecule has 0 N–H and O–H groups in total. The number of methoxy groups -OCH3 is 1. The average molecular weight is 345 g/mol. The van der Waals surface area contributed by atoms with Crippen LogP contribution >= 0.6 is 15.9 Å². The number of rotatable bonds is 5. The summed E-state index contributed by atoms with van der Waals surface area (Å²) in [5.74, 6) is -0.144. The SMILES string of the molecule is COc1ccc(C(=O)N(C)C(C)(C)CBr)cc1[N+](=O)[O-]. The Bertz CT molecular complexity index is 531. The van der Waals surface area contributed by atoms with Crippen LogP contribution in [0.3, 0.4) is 0 Å². The highest BCUT2D eigenvalue weighted by Gasteiger charge is 2.28. The second kappa shape index (κ2) is 6.21. The van der Waals surface area contributed by atoms with Gasteiger partial charge in [-0.2, -0.15) is 0 Å². The minimum absolute atomic E-state index is 0.133. The zero-order chi connectivity index (χ0) is 15.5. The summed E-state index contributed by atoms with van der Waals surface area (Å²) in [6.07, 6.45) is 0. The van der Waals surface area contributed by atoms with Crippen LogP contribution in [-0.4, -0.2) is 40.8 Å². The van der Waals surface area contributed by atoms with Gasteiger partial charge >= 0.3 is 5.69 Å². The van der Waals surface area contributed by atoms with Crippen molar-refractivity contribution in [3.63, 3.8) is 0 Å². The van der Waals surface area contributed by atoms with Gasteiger partial charge in [0.15, 0.2) is 5.75 Å². The summed E-state index contributed by atoms with van der Waals surface area (Å²) < 4.78 is 4.92. The van der Waals surface area contributed by atoms with Gasteiger partial charge in [0.25, 0.3) is 5.91 Å². The topological polar surface area (TPSA) is 72.7 Å². The molecule has 1 aromatic carbocycles. The third kappa shape index (κ3) is 3.27. The van der Waals surface area contributed by atoms with E-state index in [1.54, 1.807) is 11.9 Å². The number of halogens is 1. The summed E-state index contributed by atoms with van der Waals surface area (Å²) in [6.45, 7) is 3.80. The number of alkyl halides is 1. The van der Waals surface area contributed by atoms with Crippen molar-refractivity contribution in [1.29, 1.82) is 0 Å². The first-order valence-electron chi connectivity index (χ1n) is 5.91. The molecule has 0 aliphatic carbocycles. The molecular formula is C13H17BrN2O4. The maximum Gasteiger partial charge on any atom is 0.311 e. The molecule has 0 saturated heterocycles. The predicted molar refractivity (Wildman–Crippen MR) is 79.6 cm³/mol. The summed E-state index contributed by atoms with van der Waals surface area (Å²) in [7, 11) is 3.02. The standard InChI is InChI=1S/C13H17BrN2O4/c1-13(2,8-14)15(3)12(17)9-5-6-11(20-4)10(7-9)16(18)19/h5-7H,8H2,1-4H3. The number of nitro groups is 1. The summed E-state index contributed by atoms with van der Waals surface area (Å²) in [5.41, 5.74) is -0.358. The third-order valence-corrected chi connectivity index (χ3v) is 4.53. The Hall–Kier alpha value is -1.63. The predicted octanol–water partition coefficient (Wildman–Crippen LogP) is 2.85. The molecule has 0 fully saturated rings. The van der Waals surface area contributed by atoms with Gasteiger partial charge in [0.1, 0.15) is 0 Å². The van der Waals surface area contributed by atoms with Crippen molar-refractivity contribution in [2.75, 3.05) is 19.5 Å². The minimum atomic E-state index is -0.564. The molecule has 0 heterocycles. The summed E-state index contributed by atoms with van der Waals surface area (Å²) in [5, 5.41) is 11.6. The molecule has 0 bridgehead atoms. The van der Waals surface area contributed by atoms with Crippen LogP contribution in [0.4, 0.5) is 5.69 Å². The number of nitro benzene ring substituents is 1. The van der Waals surface area contributed by atoms with Gasteiger partial charge in [-0.15, -0.1) is 0 Å². The highest BCUT2D eigenvalue weighted by atomic mass is 79.9. The monoisotopic (exact) mass is 344 g/mol. The van der Waals surface area contributed by atoms with E-state index in [-0.39, 0.29) is 22.9 Å². The lowest BCUT2D eigenvalue weighted by Crippen LogP contribution is -2.46. The Balaban J connectivity index is 3.18. The Morgan fingerprint density at radius 2 is 2.10 bits per heavy atom. The van der Waals surface area contributed by atoms with E-state index in [0.29, 0.717) is 5.33 Å². The van der Waals surface area contributed by atoms with Gasteiger partial charge in [-0.3, -0.25) is 14.9 Å². The van der Waals surface area contributed by atoms with E-state index >= 15 is 0 Å². The van der Waals surface area contributed by atoms with Crippen LogP contribution in [0.15, 0.2) is 18.2 Å². The van der Waals surface area contributed by atoms with Gasteiger partial charge in [0, 0.05) is 29.5 Å². The molecular weight excluding hydrogens is 328 g/mol. The van der Waals surface area contributed by atoms with E-state index in [9.17, 15) is 14.9 Å². The molecule has 0 aliphatic rings. The molecule has 110 valence electrons. The number of amides is 1. The van der Waals surface area contributed by atoms with E-state index in [4.69, 9.17) is 4.74 Å². The highest BCUT2D eigenvalue weighted by molar-refractivity contribution is 9.09. The van der Waals surface area contributed by atoms with Gasteiger partial charge in [0.05, 0.1) is 12.0 Å². The van der Waals surface area contributed by atoms with Gasteiger partial charge < -0.3 is 9.64 Å². The average Bonchev–Trinajstić information content (AvgIpc) is 2.44. The van der Waals surface area contributed by atoms with Crippen LogP contribution in [0, 0.1) is 10.1 Å². The van der Waals surface area contributed by atoms with Gasteiger partial charge in [0.2, 0.25) is 0 Å². The molecule has 0 aliphatic heterocycles. The van der Waals surface area contributed by atoms with Gasteiger partial charge in [-0.05, 0) is 26.0 Å². The van der Waals surface area contributed by atoms with Crippen LogP contribution in [0.25, 0.3) is 0 Å². The number of ether oxygens (including phenoxy) is 1. The number of benzene rings is 1. The molecule has 0 radical (unpaired) electrons. The van der Waals surface area contributed by atoms with Gasteiger partial charge in [-0.25, -0.2) is 0 Å². The van der Waals surface area contributed by atoms with Crippen LogP contribution in [-0.2, 0) is 0 Å². The fourth-order valence-electron chi connectivity index (χ4n) is 1.52. The molecule has 0 saturated carbocycles. The van der Waals surface area contributed by atoms with Crippen LogP contribution < -0.4 is 4.74 Å². The third-order valence-electron chi connectivity index (χ3n) is 3.16. The molecule has 0 unspecified atom stereocenters. The first-order valence-corrected chi connectivity index (χ1v) is 7.03. The maximum absolute atomic E-state index is 12.4. The number of carbonyl (C=O) groups is 1. The molecule has 1 amide bonds. The second-order valence-corrected chi connectivity index (χ2v) is 5.51. The Labute approximate surface area is 126 Å². The fraction of sp³-hybridized carbons (Fsp3) is 0.462. The quantitative estimate of drug-likeness (QED) is 0.467. The van der Waals surface area contributed by atoms with Crippen molar-refractivity contribution in [2.45, 2.75) is 19.4 Å².